The predicted molar refractivity (Wildman–Crippen MR) is 53.1 cm³/mol. The fourth-order valence-corrected chi connectivity index (χ4v) is 1.18. The van der Waals surface area contributed by atoms with Crippen molar-refractivity contribution in [3.05, 3.63) is 0 Å². The third kappa shape index (κ3) is 9.34. The van der Waals surface area contributed by atoms with Crippen LogP contribution in [0.25, 0.3) is 0 Å². The van der Waals surface area contributed by atoms with Gasteiger partial charge >= 0.3 is 0 Å². The molecule has 0 aromatic carbocycles. The van der Waals surface area contributed by atoms with Gasteiger partial charge < -0.3 is 0 Å². The number of hydrogen-bond donors (Lipinski definition) is 1. The Balaban J connectivity index is 3.11. The summed E-state index contributed by atoms with van der Waals surface area (Å²) in [5.41, 5.74) is 2.31. The quantitative estimate of drug-likeness (QED) is 0.490. The van der Waals surface area contributed by atoms with Gasteiger partial charge in [-0.25, -0.2) is 5.48 Å². The molecule has 0 spiro atoms. The Bertz CT molecular complexity index is 135. The van der Waals surface area contributed by atoms with Crippen LogP contribution in [-0.4, -0.2) is 13.0 Å². The highest BCUT2D eigenvalue weighted by atomic mass is 16.6. The van der Waals surface area contributed by atoms with E-state index in [9.17, 15) is 4.79 Å². The fourth-order valence-electron chi connectivity index (χ4n) is 1.18. The van der Waals surface area contributed by atoms with Gasteiger partial charge in [-0.15, -0.1) is 0 Å². The summed E-state index contributed by atoms with van der Waals surface area (Å²) in [5.74, 6) is 0.750. The first-order valence-electron chi connectivity index (χ1n) is 4.98. The Labute approximate surface area is 80.8 Å². The molecule has 0 aromatic heterocycles. The molecule has 0 aliphatic carbocycles. The lowest BCUT2D eigenvalue weighted by Crippen LogP contribution is -2.21. The minimum atomic E-state index is -0.0213. The molecule has 13 heavy (non-hydrogen) atoms. The van der Waals surface area contributed by atoms with E-state index in [0.717, 1.165) is 18.8 Å². The van der Waals surface area contributed by atoms with E-state index >= 15 is 0 Å². The molecule has 0 aromatic rings. The lowest BCUT2D eigenvalue weighted by molar-refractivity contribution is -0.131. The lowest BCUT2D eigenvalue weighted by atomic mass is 10.0. The van der Waals surface area contributed by atoms with Crippen molar-refractivity contribution < 1.29 is 9.63 Å². The van der Waals surface area contributed by atoms with Gasteiger partial charge in [-0.05, 0) is 12.3 Å². The molecule has 0 aliphatic heterocycles. The number of nitrogens with one attached hydrogen (secondary N) is 1. The van der Waals surface area contributed by atoms with E-state index in [4.69, 9.17) is 0 Å². The topological polar surface area (TPSA) is 38.3 Å². The molecule has 0 aliphatic rings. The van der Waals surface area contributed by atoms with Crippen LogP contribution in [0.4, 0.5) is 0 Å². The van der Waals surface area contributed by atoms with E-state index in [1.54, 1.807) is 0 Å². The van der Waals surface area contributed by atoms with Crippen LogP contribution in [0.1, 0.15) is 46.0 Å². The summed E-state index contributed by atoms with van der Waals surface area (Å²) in [6, 6.07) is 0. The summed E-state index contributed by atoms with van der Waals surface area (Å²) < 4.78 is 0. The number of carbonyl (C=O) groups excluding carboxylic acids is 1. The molecule has 0 bridgehead atoms. The van der Waals surface area contributed by atoms with Crippen molar-refractivity contribution in [3.63, 3.8) is 0 Å². The minimum Gasteiger partial charge on any atom is -0.277 e. The first-order chi connectivity index (χ1) is 6.16. The SMILES string of the molecule is CONC(=O)CCCCCC(C)C. The second kappa shape index (κ2) is 8.05. The van der Waals surface area contributed by atoms with Crippen molar-refractivity contribution >= 4 is 5.91 Å². The molecule has 1 N–H and O–H groups in total. The predicted octanol–water partition coefficient (Wildman–Crippen LogP) is 2.27. The average Bonchev–Trinajstić information content (AvgIpc) is 2.03. The van der Waals surface area contributed by atoms with E-state index in [1.165, 1.54) is 20.0 Å². The van der Waals surface area contributed by atoms with Crippen molar-refractivity contribution in [3.8, 4) is 0 Å². The summed E-state index contributed by atoms with van der Waals surface area (Å²) in [7, 11) is 1.46. The van der Waals surface area contributed by atoms with Crippen LogP contribution in [0.2, 0.25) is 0 Å². The second-order valence-corrected chi connectivity index (χ2v) is 3.72. The number of hydroxylamine groups is 1. The Morgan fingerprint density at radius 3 is 2.54 bits per heavy atom. The molecule has 0 heterocycles. The molecule has 0 atom stereocenters. The average molecular weight is 187 g/mol. The van der Waals surface area contributed by atoms with Gasteiger partial charge in [-0.1, -0.05) is 33.1 Å². The first kappa shape index (κ1) is 12.4. The van der Waals surface area contributed by atoms with Crippen LogP contribution in [0.5, 0.6) is 0 Å². The van der Waals surface area contributed by atoms with Gasteiger partial charge in [-0.2, -0.15) is 0 Å². The molecular formula is C10H21NO2. The number of amides is 1. The molecule has 78 valence electrons. The number of hydrogen-bond acceptors (Lipinski definition) is 2. The van der Waals surface area contributed by atoms with Crippen LogP contribution < -0.4 is 5.48 Å². The van der Waals surface area contributed by atoms with E-state index in [1.807, 2.05) is 0 Å². The molecule has 0 rings (SSSR count). The summed E-state index contributed by atoms with van der Waals surface area (Å²) in [5, 5.41) is 0. The van der Waals surface area contributed by atoms with E-state index < -0.39 is 0 Å². The standard InChI is InChI=1S/C10H21NO2/c1-9(2)7-5-4-6-8-10(12)11-13-3/h9H,4-8H2,1-3H3,(H,11,12). The molecule has 3 nitrogen and oxygen atoms in total. The molecule has 3 heteroatoms. The van der Waals surface area contributed by atoms with Crippen molar-refractivity contribution in [2.75, 3.05) is 7.11 Å². The smallest absolute Gasteiger partial charge is 0.243 e. The summed E-state index contributed by atoms with van der Waals surface area (Å²) in [6.07, 6.45) is 5.15. The molecular weight excluding hydrogens is 166 g/mol. The lowest BCUT2D eigenvalue weighted by Gasteiger charge is -2.04. The molecule has 0 saturated heterocycles. The van der Waals surface area contributed by atoms with E-state index in [-0.39, 0.29) is 5.91 Å². The van der Waals surface area contributed by atoms with Crippen LogP contribution in [0, 0.1) is 5.92 Å². The summed E-state index contributed by atoms with van der Waals surface area (Å²) in [4.78, 5) is 15.4. The van der Waals surface area contributed by atoms with Gasteiger partial charge in [0.25, 0.3) is 0 Å². The van der Waals surface area contributed by atoms with Gasteiger partial charge in [0.05, 0.1) is 7.11 Å². The van der Waals surface area contributed by atoms with Crippen molar-refractivity contribution in [2.24, 2.45) is 5.92 Å². The number of carbonyl (C=O) groups is 1. The van der Waals surface area contributed by atoms with Crippen LogP contribution in [0.15, 0.2) is 0 Å². The highest BCUT2D eigenvalue weighted by molar-refractivity contribution is 5.74. The highest BCUT2D eigenvalue weighted by Gasteiger charge is 1.99. The fraction of sp³-hybridized carbons (Fsp3) is 0.900. The van der Waals surface area contributed by atoms with E-state index in [2.05, 4.69) is 24.2 Å². The van der Waals surface area contributed by atoms with Crippen LogP contribution >= 0.6 is 0 Å². The highest BCUT2D eigenvalue weighted by Crippen LogP contribution is 2.09. The van der Waals surface area contributed by atoms with Gasteiger partial charge in [-0.3, -0.25) is 9.63 Å². The third-order valence-corrected chi connectivity index (χ3v) is 1.90. The Morgan fingerprint density at radius 1 is 1.31 bits per heavy atom. The van der Waals surface area contributed by atoms with Gasteiger partial charge in [0.1, 0.15) is 0 Å². The van der Waals surface area contributed by atoms with Gasteiger partial charge in [0.15, 0.2) is 0 Å². The molecule has 1 amide bonds. The number of unbranched alkanes of at least 4 members (excludes halogenated alkanes) is 2. The Kier molecular flexibility index (Phi) is 7.69. The Morgan fingerprint density at radius 2 is 2.00 bits per heavy atom. The zero-order valence-corrected chi connectivity index (χ0v) is 8.93. The monoisotopic (exact) mass is 187 g/mol. The molecule has 0 saturated carbocycles. The van der Waals surface area contributed by atoms with Crippen molar-refractivity contribution in [2.45, 2.75) is 46.0 Å². The van der Waals surface area contributed by atoms with Gasteiger partial charge in [0, 0.05) is 6.42 Å². The largest absolute Gasteiger partial charge is 0.277 e. The minimum absolute atomic E-state index is 0.0213. The third-order valence-electron chi connectivity index (χ3n) is 1.90. The summed E-state index contributed by atoms with van der Waals surface area (Å²) >= 11 is 0. The maximum absolute atomic E-state index is 10.9. The molecule has 0 unspecified atom stereocenters. The molecule has 0 radical (unpaired) electrons. The Hall–Kier alpha value is -0.570. The van der Waals surface area contributed by atoms with Gasteiger partial charge in [0.2, 0.25) is 5.91 Å². The van der Waals surface area contributed by atoms with Crippen LogP contribution in [0.3, 0.4) is 0 Å². The van der Waals surface area contributed by atoms with E-state index in [0.29, 0.717) is 6.42 Å². The van der Waals surface area contributed by atoms with Crippen molar-refractivity contribution in [1.82, 2.24) is 5.48 Å². The maximum Gasteiger partial charge on any atom is 0.243 e. The molecule has 0 fully saturated rings. The van der Waals surface area contributed by atoms with Crippen molar-refractivity contribution in [1.29, 1.82) is 0 Å². The zero-order valence-electron chi connectivity index (χ0n) is 8.93. The zero-order chi connectivity index (χ0) is 10.1. The summed E-state index contributed by atoms with van der Waals surface area (Å²) in [6.45, 7) is 4.44. The van der Waals surface area contributed by atoms with Crippen LogP contribution in [-0.2, 0) is 9.63 Å². The second-order valence-electron chi connectivity index (χ2n) is 3.72. The maximum atomic E-state index is 10.9. The number of rotatable bonds is 7. The first-order valence-corrected chi connectivity index (χ1v) is 4.98. The normalized spacial score (nSPS) is 10.5.